The van der Waals surface area contributed by atoms with Crippen LogP contribution in [0.5, 0.6) is 0 Å². The molecule has 14 heavy (non-hydrogen) atoms. The Morgan fingerprint density at radius 3 is 2.00 bits per heavy atom. The monoisotopic (exact) mass is 189 g/mol. The molecule has 0 aliphatic heterocycles. The van der Waals surface area contributed by atoms with Crippen LogP contribution in [0.1, 0.15) is 19.3 Å². The van der Waals surface area contributed by atoms with Crippen molar-refractivity contribution in [2.75, 3.05) is 0 Å². The van der Waals surface area contributed by atoms with Gasteiger partial charge in [0, 0.05) is 0 Å². The number of nitrogens with zero attached hydrogens (tertiary/aromatic N) is 1. The molecule has 72 valence electrons. The van der Waals surface area contributed by atoms with Gasteiger partial charge in [-0.15, -0.1) is 0 Å². The molecule has 1 saturated carbocycles. The second kappa shape index (κ2) is 4.43. The van der Waals surface area contributed by atoms with E-state index in [0.29, 0.717) is 0 Å². The maximum absolute atomic E-state index is 9.61. The zero-order valence-electron chi connectivity index (χ0n) is 7.79. The summed E-state index contributed by atoms with van der Waals surface area (Å²) in [7, 11) is 0. The van der Waals surface area contributed by atoms with Crippen LogP contribution in [0.15, 0.2) is 35.5 Å². The third-order valence-corrected chi connectivity index (χ3v) is 2.17. The van der Waals surface area contributed by atoms with E-state index in [9.17, 15) is 4.79 Å². The van der Waals surface area contributed by atoms with E-state index < -0.39 is 11.5 Å². The van der Waals surface area contributed by atoms with Crippen molar-refractivity contribution in [3.63, 3.8) is 0 Å². The molecular formula is C11H11NO2. The first-order valence-corrected chi connectivity index (χ1v) is 4.33. The van der Waals surface area contributed by atoms with Crippen molar-refractivity contribution in [1.82, 2.24) is 0 Å². The fourth-order valence-electron chi connectivity index (χ4n) is 1.36. The Kier molecular flexibility index (Phi) is 3.24. The molecule has 0 aromatic carbocycles. The maximum Gasteiger partial charge on any atom is 0.345 e. The van der Waals surface area contributed by atoms with Gasteiger partial charge in [0.2, 0.25) is 0 Å². The minimum atomic E-state index is -1.26. The molecule has 3 nitrogen and oxygen atoms in total. The molecule has 0 saturated heterocycles. The van der Waals surface area contributed by atoms with Gasteiger partial charge in [0.1, 0.15) is 11.6 Å². The molecule has 0 heterocycles. The molecule has 2 bridgehead atoms. The van der Waals surface area contributed by atoms with Gasteiger partial charge < -0.3 is 5.11 Å². The third-order valence-electron chi connectivity index (χ3n) is 2.17. The van der Waals surface area contributed by atoms with Crippen LogP contribution >= 0.6 is 0 Å². The molecule has 0 aromatic rings. The normalized spacial score (nSPS) is 15.9. The summed E-state index contributed by atoms with van der Waals surface area (Å²) in [4.78, 5) is 9.61. The minimum Gasteiger partial charge on any atom is -0.477 e. The molecule has 1 fully saturated rings. The van der Waals surface area contributed by atoms with Crippen molar-refractivity contribution in [2.24, 2.45) is 0 Å². The fourth-order valence-corrected chi connectivity index (χ4v) is 1.36. The molecule has 2 aliphatic carbocycles. The molecular weight excluding hydrogens is 178 g/mol. The van der Waals surface area contributed by atoms with Crippen LogP contribution < -0.4 is 0 Å². The van der Waals surface area contributed by atoms with E-state index >= 15 is 0 Å². The minimum absolute atomic E-state index is 0.431. The molecule has 3 heteroatoms. The van der Waals surface area contributed by atoms with Crippen molar-refractivity contribution in [3.05, 3.63) is 35.5 Å². The van der Waals surface area contributed by atoms with Gasteiger partial charge >= 0.3 is 5.97 Å². The lowest BCUT2D eigenvalue weighted by Gasteiger charge is -1.87. The van der Waals surface area contributed by atoms with Crippen molar-refractivity contribution in [1.29, 1.82) is 5.26 Å². The summed E-state index contributed by atoms with van der Waals surface area (Å²) in [5.74, 6) is -1.26. The van der Waals surface area contributed by atoms with Crippen molar-refractivity contribution in [3.8, 4) is 6.07 Å². The van der Waals surface area contributed by atoms with Crippen LogP contribution in [0.2, 0.25) is 0 Å². The van der Waals surface area contributed by atoms with E-state index in [2.05, 4.69) is 18.7 Å². The number of hydrogen-bond donors (Lipinski definition) is 1. The summed E-state index contributed by atoms with van der Waals surface area (Å²) in [5, 5.41) is 15.6. The Hall–Kier alpha value is -1.82. The summed E-state index contributed by atoms with van der Waals surface area (Å²) in [6.07, 6.45) is 8.54. The lowest BCUT2D eigenvalue weighted by Crippen LogP contribution is -1.94. The molecule has 2 aliphatic rings. The highest BCUT2D eigenvalue weighted by Crippen LogP contribution is 2.34. The average Bonchev–Trinajstić information content (AvgIpc) is 2.80. The standard InChI is InChI=1S/C7H8.C4H3NO2/c1-2-7-4-3-6(1)5-7;1-3(2-5)4(6)7/h1-2H,3-5H2;1H2,(H,6,7). The summed E-state index contributed by atoms with van der Waals surface area (Å²) >= 11 is 0. The summed E-state index contributed by atoms with van der Waals surface area (Å²) < 4.78 is 0. The SMILES string of the molecule is C1=C2CCC(=C1)C2.C=C(C#N)C(=O)O. The highest BCUT2D eigenvalue weighted by molar-refractivity contribution is 5.90. The number of allylic oxidation sites excluding steroid dienone is 4. The van der Waals surface area contributed by atoms with Gasteiger partial charge in [-0.3, -0.25) is 0 Å². The predicted molar refractivity (Wildman–Crippen MR) is 52.4 cm³/mol. The van der Waals surface area contributed by atoms with Gasteiger partial charge in [-0.25, -0.2) is 4.79 Å². The summed E-state index contributed by atoms with van der Waals surface area (Å²) in [6.45, 7) is 2.91. The number of fused-ring (bicyclic) bond motifs is 2. The first-order valence-electron chi connectivity index (χ1n) is 4.33. The number of carbonyl (C=O) groups is 1. The second-order valence-electron chi connectivity index (χ2n) is 3.22. The van der Waals surface area contributed by atoms with E-state index in [1.54, 1.807) is 11.1 Å². The highest BCUT2D eigenvalue weighted by Gasteiger charge is 2.14. The Morgan fingerprint density at radius 2 is 1.93 bits per heavy atom. The van der Waals surface area contributed by atoms with Gasteiger partial charge in [0.05, 0.1) is 0 Å². The molecule has 0 amide bonds. The number of rotatable bonds is 1. The number of hydrogen-bond acceptors (Lipinski definition) is 2. The van der Waals surface area contributed by atoms with Crippen LogP contribution in [0.4, 0.5) is 0 Å². The Bertz CT molecular complexity index is 351. The Labute approximate surface area is 82.7 Å². The third kappa shape index (κ3) is 2.60. The first kappa shape index (κ1) is 10.3. The highest BCUT2D eigenvalue weighted by atomic mass is 16.4. The molecule has 0 unspecified atom stereocenters. The summed E-state index contributed by atoms with van der Waals surface area (Å²) in [5.41, 5.74) is 2.87. The summed E-state index contributed by atoms with van der Waals surface area (Å²) in [6, 6.07) is 1.37. The van der Waals surface area contributed by atoms with Crippen LogP contribution in [0, 0.1) is 11.3 Å². The maximum atomic E-state index is 9.61. The fraction of sp³-hybridized carbons (Fsp3) is 0.273. The van der Waals surface area contributed by atoms with Gasteiger partial charge in [0.15, 0.2) is 0 Å². The second-order valence-corrected chi connectivity index (χ2v) is 3.22. The molecule has 2 rings (SSSR count). The molecule has 0 aromatic heterocycles. The van der Waals surface area contributed by atoms with Crippen molar-refractivity contribution < 1.29 is 9.90 Å². The topological polar surface area (TPSA) is 61.1 Å². The van der Waals surface area contributed by atoms with E-state index in [0.717, 1.165) is 0 Å². The number of aliphatic carboxylic acids is 1. The largest absolute Gasteiger partial charge is 0.477 e. The van der Waals surface area contributed by atoms with Crippen LogP contribution in [0.25, 0.3) is 0 Å². The van der Waals surface area contributed by atoms with Crippen LogP contribution in [-0.4, -0.2) is 11.1 Å². The smallest absolute Gasteiger partial charge is 0.345 e. The first-order chi connectivity index (χ1) is 6.63. The van der Waals surface area contributed by atoms with Gasteiger partial charge in [-0.1, -0.05) is 29.9 Å². The zero-order chi connectivity index (χ0) is 10.6. The molecule has 0 radical (unpaired) electrons. The van der Waals surface area contributed by atoms with E-state index in [-0.39, 0.29) is 0 Å². The Morgan fingerprint density at radius 1 is 1.43 bits per heavy atom. The molecule has 0 atom stereocenters. The molecule has 0 spiro atoms. The van der Waals surface area contributed by atoms with E-state index in [1.165, 1.54) is 25.3 Å². The van der Waals surface area contributed by atoms with Gasteiger partial charge in [0.25, 0.3) is 0 Å². The van der Waals surface area contributed by atoms with Crippen molar-refractivity contribution >= 4 is 5.97 Å². The van der Waals surface area contributed by atoms with Crippen LogP contribution in [-0.2, 0) is 4.79 Å². The van der Waals surface area contributed by atoms with Crippen LogP contribution in [0.3, 0.4) is 0 Å². The Balaban J connectivity index is 0.000000140. The number of nitriles is 1. The lowest BCUT2D eigenvalue weighted by atomic mass is 10.2. The average molecular weight is 189 g/mol. The number of carboxylic acids is 1. The molecule has 1 N–H and O–H groups in total. The zero-order valence-corrected chi connectivity index (χ0v) is 7.79. The van der Waals surface area contributed by atoms with Gasteiger partial charge in [-0.05, 0) is 19.3 Å². The van der Waals surface area contributed by atoms with E-state index in [1.807, 2.05) is 0 Å². The lowest BCUT2D eigenvalue weighted by molar-refractivity contribution is -0.132. The number of carboxylic acid groups (broad SMARTS) is 1. The van der Waals surface area contributed by atoms with Crippen molar-refractivity contribution in [2.45, 2.75) is 19.3 Å². The predicted octanol–water partition coefficient (Wildman–Crippen LogP) is 2.19. The van der Waals surface area contributed by atoms with E-state index in [4.69, 9.17) is 10.4 Å². The quantitative estimate of drug-likeness (QED) is 0.508. The van der Waals surface area contributed by atoms with Gasteiger partial charge in [-0.2, -0.15) is 5.26 Å².